The lowest BCUT2D eigenvalue weighted by Gasteiger charge is -2.25. The molecular weight excluding hydrogens is 2730 g/mol. The maximum absolute atomic E-state index is 13.0. The largest absolute Gasteiger partial charge is 0.506 e. The molecule has 10 nitrogen and oxygen atoms in total. The van der Waals surface area contributed by atoms with Crippen LogP contribution in [0.1, 0.15) is 57.8 Å². The van der Waals surface area contributed by atoms with Crippen LogP contribution in [0.15, 0.2) is 248 Å². The summed E-state index contributed by atoms with van der Waals surface area (Å²) in [5.41, 5.74) is 0.462. The van der Waals surface area contributed by atoms with E-state index in [-0.39, 0.29) is 68.2 Å². The number of halogens is 21. The molecule has 2 unspecified atom stereocenters. The second-order valence-corrected chi connectivity index (χ2v) is 39.4. The van der Waals surface area contributed by atoms with Gasteiger partial charge in [0, 0.05) is 49.0 Å². The van der Waals surface area contributed by atoms with Gasteiger partial charge in [0.2, 0.25) is 6.10 Å². The van der Waals surface area contributed by atoms with Crippen LogP contribution in [0.4, 0.5) is 43.9 Å². The van der Waals surface area contributed by atoms with Crippen LogP contribution < -0.4 is 14.2 Å². The molecule has 33 heteroatoms. The number of ether oxygens (including phenoxy) is 6. The third kappa shape index (κ3) is 28.9. The van der Waals surface area contributed by atoms with Crippen LogP contribution in [0.3, 0.4) is 0 Å². The van der Waals surface area contributed by atoms with E-state index in [0.717, 1.165) is 40.1 Å². The minimum atomic E-state index is -5.43. The van der Waals surface area contributed by atoms with Crippen molar-refractivity contribution in [1.82, 2.24) is 0 Å². The number of unbranched alkanes of at least 4 members (excludes halogenated alkanes) is 1. The van der Waals surface area contributed by atoms with Gasteiger partial charge in [-0.25, -0.2) is 31.9 Å². The summed E-state index contributed by atoms with van der Waals surface area (Å²) in [6.45, 7) is 0.616. The van der Waals surface area contributed by atoms with Crippen LogP contribution in [0.2, 0.25) is 0 Å². The average Bonchev–Trinajstić information content (AvgIpc) is 0.791. The Morgan fingerprint density at radius 1 is 0.373 bits per heavy atom. The SMILES string of the molecule is CC(F)(F)C(OC(=O)c1c(I)ccc(I)c1O)C(F)(F)F.CC(F)(F)C(OCCCCOC(=O)c1c(I)ccc(I)c1I)C(F)(F)F.Ic1cc(I)c(OCCOc2ccc([S+](c3ccccc3)c3ccccc3)cc2)c(I)c1.O=C(Oc1ccc([S+](c2ccccc2)c2ccccc2)cc1)c1c(I)ccc(I)c1I. The Hall–Kier alpha value is -2.00. The minimum absolute atomic E-state index is 0.00197. The van der Waals surface area contributed by atoms with Gasteiger partial charge in [-0.05, 0) is 407 Å². The molecule has 10 rings (SSSR count). The van der Waals surface area contributed by atoms with Crippen molar-refractivity contribution in [3.63, 3.8) is 0 Å². The van der Waals surface area contributed by atoms with Crippen molar-refractivity contribution < 1.29 is 91.8 Å². The van der Waals surface area contributed by atoms with Gasteiger partial charge in [0.05, 0.1) is 50.2 Å². The second-order valence-electron chi connectivity index (χ2n) is 22.7. The summed E-state index contributed by atoms with van der Waals surface area (Å²) in [5, 5.41) is 9.69. The number of alkyl halides is 10. The summed E-state index contributed by atoms with van der Waals surface area (Å²) in [6, 6.07) is 73.2. The number of phenolic OH excluding ortho intramolecular Hbond substituents is 1. The van der Waals surface area contributed by atoms with E-state index in [1.807, 2.05) is 87.6 Å². The van der Waals surface area contributed by atoms with Crippen LogP contribution >= 0.6 is 248 Å². The molecule has 582 valence electrons. The fourth-order valence-electron chi connectivity index (χ4n) is 9.44. The fraction of sp³-hybridized carbons (Fsp3) is 0.182. The van der Waals surface area contributed by atoms with Gasteiger partial charge >= 0.3 is 30.3 Å². The third-order valence-corrected chi connectivity index (χ3v) is 30.7. The molecule has 0 saturated heterocycles. The predicted octanol–water partition coefficient (Wildman–Crippen LogP) is 26.3. The van der Waals surface area contributed by atoms with Crippen molar-refractivity contribution in [1.29, 1.82) is 0 Å². The van der Waals surface area contributed by atoms with Gasteiger partial charge in [-0.1, -0.05) is 72.8 Å². The van der Waals surface area contributed by atoms with Gasteiger partial charge < -0.3 is 33.5 Å². The molecule has 0 saturated carbocycles. The molecule has 0 aliphatic carbocycles. The van der Waals surface area contributed by atoms with E-state index in [1.54, 1.807) is 51.2 Å². The Labute approximate surface area is 784 Å². The van der Waals surface area contributed by atoms with Crippen molar-refractivity contribution in [3.8, 4) is 23.0 Å². The summed E-state index contributed by atoms with van der Waals surface area (Å²) in [4.78, 5) is 44.3. The van der Waals surface area contributed by atoms with E-state index in [4.69, 9.17) is 18.9 Å². The lowest BCUT2D eigenvalue weighted by molar-refractivity contribution is -0.280. The van der Waals surface area contributed by atoms with Crippen LogP contribution in [-0.2, 0) is 36.0 Å². The van der Waals surface area contributed by atoms with Gasteiger partial charge in [0.15, 0.2) is 29.4 Å². The molecule has 10 aromatic carbocycles. The normalized spacial score (nSPS) is 12.1. The van der Waals surface area contributed by atoms with Gasteiger partial charge in [-0.2, -0.15) is 26.3 Å². The van der Waals surface area contributed by atoms with Crippen LogP contribution in [0.25, 0.3) is 0 Å². The Morgan fingerprint density at radius 3 is 1.12 bits per heavy atom. The molecule has 0 bridgehead atoms. The fourth-order valence-corrected chi connectivity index (χ4v) is 23.3. The maximum atomic E-state index is 13.0. The number of rotatable bonds is 24. The molecule has 0 aliphatic heterocycles. The number of hydrogen-bond donors (Lipinski definition) is 1. The van der Waals surface area contributed by atoms with Crippen molar-refractivity contribution in [3.05, 3.63) is 274 Å². The highest BCUT2D eigenvalue weighted by molar-refractivity contribution is 14.1. The third-order valence-electron chi connectivity index (χ3n) is 14.4. The molecule has 0 radical (unpaired) electrons. The molecule has 2 atom stereocenters. The summed E-state index contributed by atoms with van der Waals surface area (Å²) in [5.74, 6) is -9.15. The smallest absolute Gasteiger partial charge is 0.431 e. The van der Waals surface area contributed by atoms with Crippen molar-refractivity contribution in [2.24, 2.45) is 0 Å². The summed E-state index contributed by atoms with van der Waals surface area (Å²) < 4.78 is 167. The number of carbonyl (C=O) groups is 3. The first kappa shape index (κ1) is 95.1. The molecule has 0 spiro atoms. The maximum Gasteiger partial charge on any atom is 0.431 e. The highest BCUT2D eigenvalue weighted by atomic mass is 127. The van der Waals surface area contributed by atoms with Crippen molar-refractivity contribution in [2.45, 2.75) is 92.5 Å². The van der Waals surface area contributed by atoms with E-state index < -0.39 is 66.3 Å². The Balaban J connectivity index is 0.000000207. The topological polar surface area (TPSA) is 127 Å². The Kier molecular flexibility index (Phi) is 39.1. The van der Waals surface area contributed by atoms with Crippen molar-refractivity contribution in [2.75, 3.05) is 26.4 Å². The number of carbonyl (C=O) groups excluding carboxylic acids is 3. The zero-order valence-corrected chi connectivity index (χ0v) is 81.9. The zero-order chi connectivity index (χ0) is 80.8. The van der Waals surface area contributed by atoms with Crippen molar-refractivity contribution >= 4 is 288 Å². The highest BCUT2D eigenvalue weighted by Gasteiger charge is 2.57. The molecule has 0 heterocycles. The monoisotopic (exact) mass is 2790 g/mol. The standard InChI is InChI=1S/C26H20I3O2S.C25H16I3O2S.C15H14F5I3O3.C11H7F5I2O3/c27-19-17-24(28)26(25(29)18-19)31-16-15-30-20-11-13-23(14-12-20)32(21-7-3-1-4-8-21)22-9-5-2-6-10-22;26-21-15-16-22(27)24(28)23(21)25(29)30-17-11-13-20(14-12-17)31(18-7-3-1-4-8-18)19-9-5-2-6-10-19;1-14(16,17)13(15(18,19)20)26-7-3-2-6-25-12(24)10-8(21)4-5-9(22)11(10)23;1-10(12,13)9(11(14,15)16)21-8(20)6-4(17)2-3-5(18)7(6)19/h1-14,17-18H,15-16H2;1-16H;4-5,13H,2-3,6-7H2,1H3;2-3,9,19H,1H3/q2*+1;;. The lowest BCUT2D eigenvalue weighted by atomic mass is 10.2. The molecule has 0 aromatic heterocycles. The quantitative estimate of drug-likeness (QED) is 0.0119. The summed E-state index contributed by atoms with van der Waals surface area (Å²) in [6.07, 6.45) is -17.1. The van der Waals surface area contributed by atoms with E-state index in [9.17, 15) is 63.4 Å². The second kappa shape index (κ2) is 45.3. The van der Waals surface area contributed by atoms with E-state index >= 15 is 0 Å². The number of hydrogen-bond acceptors (Lipinski definition) is 10. The molecule has 110 heavy (non-hydrogen) atoms. The van der Waals surface area contributed by atoms with E-state index in [1.165, 1.54) is 45.1 Å². The summed E-state index contributed by atoms with van der Waals surface area (Å²) >= 11 is 22.9. The van der Waals surface area contributed by atoms with Crippen LogP contribution in [0.5, 0.6) is 23.0 Å². The number of phenols is 1. The highest BCUT2D eigenvalue weighted by Crippen LogP contribution is 2.40. The number of aromatic hydroxyl groups is 1. The first-order valence-electron chi connectivity index (χ1n) is 31.7. The van der Waals surface area contributed by atoms with Gasteiger partial charge in [0.1, 0.15) is 41.8 Å². The van der Waals surface area contributed by atoms with Crippen LogP contribution in [-0.4, -0.2) is 85.8 Å². The molecule has 0 amide bonds. The minimum Gasteiger partial charge on any atom is -0.506 e. The molecular formula is C77H57F10I11O10S2+2. The van der Waals surface area contributed by atoms with Crippen LogP contribution in [0, 0.1) is 39.3 Å². The lowest BCUT2D eigenvalue weighted by Crippen LogP contribution is -2.46. The average molecular weight is 2790 g/mol. The summed E-state index contributed by atoms with van der Waals surface area (Å²) in [7, 11) is -0.371. The number of esters is 3. The Bertz CT molecular complexity index is 4570. The molecule has 0 aliphatic rings. The zero-order valence-electron chi connectivity index (χ0n) is 56.6. The van der Waals surface area contributed by atoms with E-state index in [2.05, 4.69) is 325 Å². The molecule has 10 aromatic rings. The van der Waals surface area contributed by atoms with Gasteiger partial charge in [-0.3, -0.25) is 0 Å². The first-order chi connectivity index (χ1) is 51.9. The predicted molar refractivity (Wildman–Crippen MR) is 498 cm³/mol. The Morgan fingerprint density at radius 2 is 0.718 bits per heavy atom. The van der Waals surface area contributed by atoms with E-state index in [0.29, 0.717) is 30.1 Å². The number of benzene rings is 10. The van der Waals surface area contributed by atoms with Gasteiger partial charge in [-0.15, -0.1) is 0 Å². The van der Waals surface area contributed by atoms with Gasteiger partial charge in [0.25, 0.3) is 17.9 Å². The molecule has 1 N–H and O–H groups in total. The first-order valence-corrected chi connectivity index (χ1v) is 46.0. The molecule has 0 fully saturated rings.